The largest absolute Gasteiger partial charge is 0.338 e. The summed E-state index contributed by atoms with van der Waals surface area (Å²) in [6, 6.07) is 6.69. The second-order valence-electron chi connectivity index (χ2n) is 6.25. The molecule has 3 heteroatoms. The highest BCUT2D eigenvalue weighted by Gasteiger charge is 2.30. The molecule has 0 spiro atoms. The Hall–Kier alpha value is -1.35. The zero-order chi connectivity index (χ0) is 15.4. The fourth-order valence-electron chi connectivity index (χ4n) is 3.44. The molecular weight excluding hydrogens is 260 g/mol. The van der Waals surface area contributed by atoms with Crippen LogP contribution in [0.4, 0.5) is 0 Å². The van der Waals surface area contributed by atoms with Crippen LogP contribution < -0.4 is 5.32 Å². The quantitative estimate of drug-likeness (QED) is 0.923. The first kappa shape index (κ1) is 16.0. The average Bonchev–Trinajstić information content (AvgIpc) is 2.46. The van der Waals surface area contributed by atoms with Crippen LogP contribution in [-0.2, 0) is 0 Å². The number of rotatable bonds is 4. The molecule has 0 saturated carbocycles. The molecule has 0 bridgehead atoms. The summed E-state index contributed by atoms with van der Waals surface area (Å²) in [6.45, 7) is 11.2. The normalized spacial score (nSPS) is 22.4. The molecule has 1 amide bonds. The average molecular weight is 288 g/mol. The molecule has 2 atom stereocenters. The summed E-state index contributed by atoms with van der Waals surface area (Å²) in [4.78, 5) is 14.8. The van der Waals surface area contributed by atoms with Gasteiger partial charge < -0.3 is 10.2 Å². The molecule has 1 aromatic carbocycles. The maximum Gasteiger partial charge on any atom is 0.253 e. The summed E-state index contributed by atoms with van der Waals surface area (Å²) >= 11 is 0. The molecule has 21 heavy (non-hydrogen) atoms. The Labute approximate surface area is 128 Å². The summed E-state index contributed by atoms with van der Waals surface area (Å²) in [5.74, 6) is 0.753. The standard InChI is InChI=1S/C18H28N2O/c1-5-15-12-20(8-7-17(15)19-6-2)18(21)16-10-13(3)9-14(4)11-16/h9-11,15,17,19H,5-8,12H2,1-4H3. The van der Waals surface area contributed by atoms with Gasteiger partial charge in [-0.3, -0.25) is 4.79 Å². The molecule has 1 aliphatic heterocycles. The summed E-state index contributed by atoms with van der Waals surface area (Å²) in [5.41, 5.74) is 3.16. The Kier molecular flexibility index (Phi) is 5.40. The van der Waals surface area contributed by atoms with Gasteiger partial charge in [0.25, 0.3) is 5.91 Å². The van der Waals surface area contributed by atoms with E-state index in [0.29, 0.717) is 12.0 Å². The van der Waals surface area contributed by atoms with E-state index in [1.165, 1.54) is 0 Å². The van der Waals surface area contributed by atoms with Crippen LogP contribution >= 0.6 is 0 Å². The molecule has 0 aliphatic carbocycles. The van der Waals surface area contributed by atoms with E-state index in [0.717, 1.165) is 49.2 Å². The van der Waals surface area contributed by atoms with Crippen molar-refractivity contribution >= 4 is 5.91 Å². The molecule has 2 unspecified atom stereocenters. The lowest BCUT2D eigenvalue weighted by atomic mass is 9.89. The highest BCUT2D eigenvalue weighted by molar-refractivity contribution is 5.94. The van der Waals surface area contributed by atoms with E-state index in [2.05, 4.69) is 39.1 Å². The van der Waals surface area contributed by atoms with Crippen LogP contribution in [0.25, 0.3) is 0 Å². The van der Waals surface area contributed by atoms with Crippen LogP contribution in [0.3, 0.4) is 0 Å². The van der Waals surface area contributed by atoms with Crippen LogP contribution in [0.5, 0.6) is 0 Å². The number of amides is 1. The second-order valence-corrected chi connectivity index (χ2v) is 6.25. The molecule has 1 N–H and O–H groups in total. The van der Waals surface area contributed by atoms with Gasteiger partial charge in [0, 0.05) is 24.7 Å². The maximum absolute atomic E-state index is 12.7. The molecule has 0 aromatic heterocycles. The molecule has 1 saturated heterocycles. The lowest BCUT2D eigenvalue weighted by molar-refractivity contribution is 0.0628. The summed E-state index contributed by atoms with van der Waals surface area (Å²) < 4.78 is 0. The highest BCUT2D eigenvalue weighted by Crippen LogP contribution is 2.22. The van der Waals surface area contributed by atoms with E-state index in [4.69, 9.17) is 0 Å². The summed E-state index contributed by atoms with van der Waals surface area (Å²) in [5, 5.41) is 3.56. The van der Waals surface area contributed by atoms with Crippen molar-refractivity contribution in [2.45, 2.75) is 46.6 Å². The van der Waals surface area contributed by atoms with Crippen molar-refractivity contribution in [3.8, 4) is 0 Å². The van der Waals surface area contributed by atoms with Crippen molar-refractivity contribution in [1.29, 1.82) is 0 Å². The van der Waals surface area contributed by atoms with Crippen molar-refractivity contribution in [3.05, 3.63) is 34.9 Å². The number of piperidine rings is 1. The third kappa shape index (κ3) is 3.85. The number of aryl methyl sites for hydroxylation is 2. The van der Waals surface area contributed by atoms with Gasteiger partial charge in [-0.1, -0.05) is 37.5 Å². The van der Waals surface area contributed by atoms with E-state index in [9.17, 15) is 4.79 Å². The Morgan fingerprint density at radius 3 is 2.48 bits per heavy atom. The van der Waals surface area contributed by atoms with Crippen LogP contribution in [0.2, 0.25) is 0 Å². The van der Waals surface area contributed by atoms with Crippen LogP contribution in [0.1, 0.15) is 48.2 Å². The third-order valence-electron chi connectivity index (χ3n) is 4.48. The van der Waals surface area contributed by atoms with Gasteiger partial charge in [0.2, 0.25) is 0 Å². The van der Waals surface area contributed by atoms with Crippen LogP contribution in [0, 0.1) is 19.8 Å². The fraction of sp³-hybridized carbons (Fsp3) is 0.611. The summed E-state index contributed by atoms with van der Waals surface area (Å²) in [7, 11) is 0. The van der Waals surface area contributed by atoms with Crippen molar-refractivity contribution in [1.82, 2.24) is 10.2 Å². The third-order valence-corrected chi connectivity index (χ3v) is 4.48. The number of carbonyl (C=O) groups is 1. The molecule has 0 radical (unpaired) electrons. The number of hydrogen-bond donors (Lipinski definition) is 1. The molecule has 1 aliphatic rings. The lowest BCUT2D eigenvalue weighted by Gasteiger charge is -2.38. The maximum atomic E-state index is 12.7. The lowest BCUT2D eigenvalue weighted by Crippen LogP contribution is -2.50. The molecule has 3 nitrogen and oxygen atoms in total. The minimum absolute atomic E-state index is 0.190. The van der Waals surface area contributed by atoms with Gasteiger partial charge in [0.05, 0.1) is 0 Å². The molecule has 1 aromatic rings. The zero-order valence-electron chi connectivity index (χ0n) is 13.8. The van der Waals surface area contributed by atoms with Crippen LogP contribution in [-0.4, -0.2) is 36.5 Å². The Morgan fingerprint density at radius 2 is 1.90 bits per heavy atom. The molecule has 1 fully saturated rings. The van der Waals surface area contributed by atoms with E-state index in [1.54, 1.807) is 0 Å². The Morgan fingerprint density at radius 1 is 1.24 bits per heavy atom. The number of hydrogen-bond acceptors (Lipinski definition) is 2. The molecular formula is C18H28N2O. The Bertz CT molecular complexity index is 478. The smallest absolute Gasteiger partial charge is 0.253 e. The van der Waals surface area contributed by atoms with Gasteiger partial charge in [0.1, 0.15) is 0 Å². The predicted octanol–water partition coefficient (Wildman–Crippen LogP) is 3.15. The van der Waals surface area contributed by atoms with E-state index >= 15 is 0 Å². The van der Waals surface area contributed by atoms with Gasteiger partial charge in [0.15, 0.2) is 0 Å². The van der Waals surface area contributed by atoms with Gasteiger partial charge in [-0.2, -0.15) is 0 Å². The van der Waals surface area contributed by atoms with E-state index in [1.807, 2.05) is 17.0 Å². The number of likely N-dealkylation sites (tertiary alicyclic amines) is 1. The summed E-state index contributed by atoms with van der Waals surface area (Å²) in [6.07, 6.45) is 2.18. The number of benzene rings is 1. The van der Waals surface area contributed by atoms with Crippen LogP contribution in [0.15, 0.2) is 18.2 Å². The first-order chi connectivity index (χ1) is 10.0. The topological polar surface area (TPSA) is 32.3 Å². The highest BCUT2D eigenvalue weighted by atomic mass is 16.2. The fourth-order valence-corrected chi connectivity index (χ4v) is 3.44. The van der Waals surface area contributed by atoms with Gasteiger partial charge in [-0.25, -0.2) is 0 Å². The number of nitrogens with zero attached hydrogens (tertiary/aromatic N) is 1. The SMILES string of the molecule is CCNC1CCN(C(=O)c2cc(C)cc(C)c2)CC1CC. The zero-order valence-corrected chi connectivity index (χ0v) is 13.8. The molecule has 2 rings (SSSR count). The molecule has 1 heterocycles. The molecule has 116 valence electrons. The minimum Gasteiger partial charge on any atom is -0.338 e. The number of nitrogens with one attached hydrogen (secondary N) is 1. The predicted molar refractivity (Wildman–Crippen MR) is 87.7 cm³/mol. The van der Waals surface area contributed by atoms with E-state index < -0.39 is 0 Å². The van der Waals surface area contributed by atoms with Gasteiger partial charge >= 0.3 is 0 Å². The first-order valence-electron chi connectivity index (χ1n) is 8.16. The van der Waals surface area contributed by atoms with E-state index in [-0.39, 0.29) is 5.91 Å². The number of carbonyl (C=O) groups excluding carboxylic acids is 1. The second kappa shape index (κ2) is 7.08. The monoisotopic (exact) mass is 288 g/mol. The van der Waals surface area contributed by atoms with Crippen molar-refractivity contribution < 1.29 is 4.79 Å². The van der Waals surface area contributed by atoms with Crippen molar-refractivity contribution in [2.75, 3.05) is 19.6 Å². The minimum atomic E-state index is 0.190. The van der Waals surface area contributed by atoms with Crippen molar-refractivity contribution in [2.24, 2.45) is 5.92 Å². The van der Waals surface area contributed by atoms with Crippen molar-refractivity contribution in [3.63, 3.8) is 0 Å². The van der Waals surface area contributed by atoms with Gasteiger partial charge in [-0.15, -0.1) is 0 Å². The Balaban J connectivity index is 2.10. The van der Waals surface area contributed by atoms with Gasteiger partial charge in [-0.05, 0) is 44.9 Å². The first-order valence-corrected chi connectivity index (χ1v) is 8.16.